The minimum Gasteiger partial charge on any atom is -0.444 e. The van der Waals surface area contributed by atoms with Gasteiger partial charge in [0.1, 0.15) is 5.60 Å². The molecule has 162 valence electrons. The van der Waals surface area contributed by atoms with Gasteiger partial charge in [-0.25, -0.2) is 4.79 Å². The third-order valence-corrected chi connectivity index (χ3v) is 4.91. The van der Waals surface area contributed by atoms with Crippen molar-refractivity contribution in [1.29, 1.82) is 0 Å². The molecule has 0 radical (unpaired) electrons. The Labute approximate surface area is 181 Å². The molecule has 0 saturated carbocycles. The van der Waals surface area contributed by atoms with Crippen LogP contribution in [0.1, 0.15) is 45.2 Å². The van der Waals surface area contributed by atoms with Crippen molar-refractivity contribution in [3.8, 4) is 0 Å². The molecule has 0 aliphatic rings. The summed E-state index contributed by atoms with van der Waals surface area (Å²) in [4.78, 5) is 14.9. The molecule has 2 rings (SSSR count). The van der Waals surface area contributed by atoms with Crippen LogP contribution >= 0.6 is 0 Å². The summed E-state index contributed by atoms with van der Waals surface area (Å²) in [5.41, 5.74) is 1.65. The van der Waals surface area contributed by atoms with Gasteiger partial charge in [0.15, 0.2) is 0 Å². The molecule has 0 bridgehead atoms. The predicted octanol–water partition coefficient (Wildman–Crippen LogP) is 6.22. The van der Waals surface area contributed by atoms with E-state index in [-0.39, 0.29) is 18.1 Å². The van der Waals surface area contributed by atoms with Crippen molar-refractivity contribution in [1.82, 2.24) is 4.90 Å². The van der Waals surface area contributed by atoms with Crippen LogP contribution in [0.2, 0.25) is 0 Å². The number of hydrogen-bond acceptors (Lipinski definition) is 3. The van der Waals surface area contributed by atoms with Gasteiger partial charge in [-0.15, -0.1) is 6.58 Å². The molecule has 0 spiro atoms. The van der Waals surface area contributed by atoms with Gasteiger partial charge in [0.25, 0.3) is 0 Å². The maximum absolute atomic E-state index is 13.0. The van der Waals surface area contributed by atoms with E-state index >= 15 is 0 Å². The molecule has 2 atom stereocenters. The van der Waals surface area contributed by atoms with Gasteiger partial charge in [0.05, 0.1) is 13.2 Å². The first-order chi connectivity index (χ1) is 14.3. The second-order valence-corrected chi connectivity index (χ2v) is 8.62. The van der Waals surface area contributed by atoms with E-state index in [0.717, 1.165) is 17.5 Å². The Kier molecular flexibility index (Phi) is 9.13. The molecule has 0 heterocycles. The summed E-state index contributed by atoms with van der Waals surface area (Å²) in [6.07, 6.45) is 2.34. The molecule has 4 nitrogen and oxygen atoms in total. The lowest BCUT2D eigenvalue weighted by molar-refractivity contribution is -0.00158. The predicted molar refractivity (Wildman–Crippen MR) is 122 cm³/mol. The van der Waals surface area contributed by atoms with E-state index in [0.29, 0.717) is 19.8 Å². The van der Waals surface area contributed by atoms with Gasteiger partial charge in [-0.05, 0) is 45.2 Å². The molecule has 30 heavy (non-hydrogen) atoms. The van der Waals surface area contributed by atoms with E-state index in [2.05, 4.69) is 13.5 Å². The number of hydrogen-bond donors (Lipinski definition) is 0. The van der Waals surface area contributed by atoms with Gasteiger partial charge in [0.2, 0.25) is 0 Å². The summed E-state index contributed by atoms with van der Waals surface area (Å²) in [6.45, 7) is 13.2. The summed E-state index contributed by atoms with van der Waals surface area (Å²) in [6, 6.07) is 20.0. The molecular formula is C26H35NO3. The third kappa shape index (κ3) is 8.03. The van der Waals surface area contributed by atoms with Crippen molar-refractivity contribution in [2.24, 2.45) is 5.92 Å². The monoisotopic (exact) mass is 409 g/mol. The van der Waals surface area contributed by atoms with E-state index in [4.69, 9.17) is 9.47 Å². The Morgan fingerprint density at radius 3 is 2.13 bits per heavy atom. The highest BCUT2D eigenvalue weighted by Crippen LogP contribution is 2.22. The van der Waals surface area contributed by atoms with Crippen LogP contribution in [0.4, 0.5) is 4.79 Å². The van der Waals surface area contributed by atoms with Gasteiger partial charge < -0.3 is 14.4 Å². The quantitative estimate of drug-likeness (QED) is 0.437. The molecule has 4 heteroatoms. The van der Waals surface area contributed by atoms with Crippen molar-refractivity contribution in [2.75, 3.05) is 6.61 Å². The fraction of sp³-hybridized carbons (Fsp3) is 0.423. The smallest absolute Gasteiger partial charge is 0.410 e. The zero-order chi connectivity index (χ0) is 22.0. The van der Waals surface area contributed by atoms with Crippen LogP contribution in [-0.4, -0.2) is 29.2 Å². The summed E-state index contributed by atoms with van der Waals surface area (Å²) < 4.78 is 11.7. The molecule has 0 aliphatic carbocycles. The van der Waals surface area contributed by atoms with Crippen molar-refractivity contribution in [3.63, 3.8) is 0 Å². The zero-order valence-electron chi connectivity index (χ0n) is 18.7. The second-order valence-electron chi connectivity index (χ2n) is 8.62. The molecule has 2 unspecified atom stereocenters. The number of carbonyl (C=O) groups is 1. The normalized spacial score (nSPS) is 13.3. The van der Waals surface area contributed by atoms with Gasteiger partial charge in [-0.1, -0.05) is 66.7 Å². The summed E-state index contributed by atoms with van der Waals surface area (Å²) >= 11 is 0. The first kappa shape index (κ1) is 23.7. The van der Waals surface area contributed by atoms with E-state index in [1.165, 1.54) is 0 Å². The van der Waals surface area contributed by atoms with Crippen LogP contribution < -0.4 is 0 Å². The highest BCUT2D eigenvalue weighted by atomic mass is 16.6. The van der Waals surface area contributed by atoms with Gasteiger partial charge in [-0.2, -0.15) is 0 Å². The minimum absolute atomic E-state index is 0.0752. The van der Waals surface area contributed by atoms with Crippen molar-refractivity contribution >= 4 is 6.09 Å². The first-order valence-corrected chi connectivity index (χ1v) is 10.6. The van der Waals surface area contributed by atoms with Crippen molar-refractivity contribution in [3.05, 3.63) is 84.4 Å². The standard InChI is InChI=1S/C26H35NO3/c1-6-13-24(20-29-19-23-16-11-8-12-17-23)21(2)27(25(28)30-26(3,4)5)18-22-14-9-7-10-15-22/h6-12,14-17,21,24H,1,13,18-20H2,2-5H3. The van der Waals surface area contributed by atoms with E-state index in [9.17, 15) is 4.79 Å². The van der Waals surface area contributed by atoms with E-state index in [1.807, 2.05) is 87.5 Å². The molecule has 1 amide bonds. The minimum atomic E-state index is -0.552. The van der Waals surface area contributed by atoms with Gasteiger partial charge in [-0.3, -0.25) is 0 Å². The highest BCUT2D eigenvalue weighted by Gasteiger charge is 2.30. The molecule has 0 aromatic heterocycles. The van der Waals surface area contributed by atoms with Crippen molar-refractivity contribution < 1.29 is 14.3 Å². The molecule has 2 aromatic carbocycles. The molecule has 0 aliphatic heterocycles. The van der Waals surface area contributed by atoms with Crippen LogP contribution in [0.25, 0.3) is 0 Å². The third-order valence-electron chi connectivity index (χ3n) is 4.91. The number of ether oxygens (including phenoxy) is 2. The molecule has 2 aromatic rings. The lowest BCUT2D eigenvalue weighted by Gasteiger charge is -2.35. The number of nitrogens with zero attached hydrogens (tertiary/aromatic N) is 1. The topological polar surface area (TPSA) is 38.8 Å². The number of carbonyl (C=O) groups excluding carboxylic acids is 1. The average Bonchev–Trinajstić information content (AvgIpc) is 2.71. The van der Waals surface area contributed by atoms with E-state index in [1.54, 1.807) is 4.90 Å². The summed E-state index contributed by atoms with van der Waals surface area (Å²) in [7, 11) is 0. The number of amides is 1. The van der Waals surface area contributed by atoms with Crippen LogP contribution in [0.5, 0.6) is 0 Å². The van der Waals surface area contributed by atoms with Crippen LogP contribution in [0, 0.1) is 5.92 Å². The Morgan fingerprint density at radius 1 is 1.03 bits per heavy atom. The highest BCUT2D eigenvalue weighted by molar-refractivity contribution is 5.68. The van der Waals surface area contributed by atoms with Crippen molar-refractivity contribution in [2.45, 2.75) is 58.9 Å². The van der Waals surface area contributed by atoms with Crippen LogP contribution in [0.3, 0.4) is 0 Å². The maximum Gasteiger partial charge on any atom is 0.410 e. The van der Waals surface area contributed by atoms with Crippen LogP contribution in [0.15, 0.2) is 73.3 Å². The van der Waals surface area contributed by atoms with E-state index < -0.39 is 5.60 Å². The molecule has 0 saturated heterocycles. The Hall–Kier alpha value is -2.59. The fourth-order valence-corrected chi connectivity index (χ4v) is 3.25. The largest absolute Gasteiger partial charge is 0.444 e. The molecular weight excluding hydrogens is 374 g/mol. The van der Waals surface area contributed by atoms with Crippen LogP contribution in [-0.2, 0) is 22.6 Å². The summed E-state index contributed by atoms with van der Waals surface area (Å²) in [5, 5.41) is 0. The lowest BCUT2D eigenvalue weighted by Crippen LogP contribution is -2.45. The maximum atomic E-state index is 13.0. The first-order valence-electron chi connectivity index (χ1n) is 10.6. The number of rotatable bonds is 10. The summed E-state index contributed by atoms with van der Waals surface area (Å²) in [5.74, 6) is 0.113. The number of benzene rings is 2. The Morgan fingerprint density at radius 2 is 1.60 bits per heavy atom. The van der Waals surface area contributed by atoms with Gasteiger partial charge >= 0.3 is 6.09 Å². The molecule has 0 fully saturated rings. The van der Waals surface area contributed by atoms with Gasteiger partial charge in [0, 0.05) is 18.5 Å². The fourth-order valence-electron chi connectivity index (χ4n) is 3.25. The Bertz CT molecular complexity index is 768. The zero-order valence-corrected chi connectivity index (χ0v) is 18.7. The second kappa shape index (κ2) is 11.6. The lowest BCUT2D eigenvalue weighted by atomic mass is 9.96. The molecule has 0 N–H and O–H groups in total. The Balaban J connectivity index is 2.12. The SMILES string of the molecule is C=CCC(COCc1ccccc1)C(C)N(Cc1ccccc1)C(=O)OC(C)(C)C. The average molecular weight is 410 g/mol. The number of allylic oxidation sites excluding steroid dienone is 1.